The molecule has 2 rings (SSSR count). The molecule has 0 bridgehead atoms. The summed E-state index contributed by atoms with van der Waals surface area (Å²) < 4.78 is 5.72. The molecule has 0 saturated heterocycles. The van der Waals surface area contributed by atoms with Crippen LogP contribution in [-0.2, 0) is 4.79 Å². The summed E-state index contributed by atoms with van der Waals surface area (Å²) in [7, 11) is 1.63. The zero-order valence-electron chi connectivity index (χ0n) is 11.6. The molecular weight excluding hydrogens is 256 g/mol. The maximum atomic E-state index is 11.2. The van der Waals surface area contributed by atoms with Gasteiger partial charge in [-0.1, -0.05) is 6.07 Å². The maximum absolute atomic E-state index is 11.2. The van der Waals surface area contributed by atoms with Gasteiger partial charge in [-0.05, 0) is 38.2 Å². The average molecular weight is 274 g/mol. The number of pyridine rings is 1. The van der Waals surface area contributed by atoms with Crippen LogP contribution in [0.15, 0.2) is 36.5 Å². The first kappa shape index (κ1) is 14.3. The molecule has 1 aromatic carbocycles. The number of nitrogens with zero attached hydrogens (tertiary/aromatic N) is 1. The molecule has 2 aromatic rings. The molecule has 0 fully saturated rings. The molecule has 1 atom stereocenters. The molecule has 1 unspecified atom stereocenters. The standard InChI is InChI=1S/C15H18N2O3/c1-15(16-2,14(18)19)8-10-20-13-7-3-6-12-11(13)5-4-9-17-12/h3-7,9,16H,8,10H2,1-2H3,(H,18,19). The second-order valence-corrected chi connectivity index (χ2v) is 4.81. The van der Waals surface area contributed by atoms with Crippen molar-refractivity contribution in [1.82, 2.24) is 10.3 Å². The van der Waals surface area contributed by atoms with Crippen molar-refractivity contribution in [2.75, 3.05) is 13.7 Å². The number of carboxylic acids is 1. The normalized spacial score (nSPS) is 13.9. The van der Waals surface area contributed by atoms with Crippen LogP contribution in [0.2, 0.25) is 0 Å². The number of rotatable bonds is 6. The highest BCUT2D eigenvalue weighted by atomic mass is 16.5. The Hall–Kier alpha value is -2.14. The van der Waals surface area contributed by atoms with E-state index in [1.807, 2.05) is 30.3 Å². The number of aliphatic carboxylic acids is 1. The van der Waals surface area contributed by atoms with Gasteiger partial charge in [0.25, 0.3) is 0 Å². The Morgan fingerprint density at radius 3 is 2.90 bits per heavy atom. The van der Waals surface area contributed by atoms with Gasteiger partial charge in [0, 0.05) is 18.0 Å². The first-order valence-corrected chi connectivity index (χ1v) is 6.46. The summed E-state index contributed by atoms with van der Waals surface area (Å²) in [6, 6.07) is 9.44. The predicted molar refractivity (Wildman–Crippen MR) is 77.0 cm³/mol. The molecule has 106 valence electrons. The fraction of sp³-hybridized carbons (Fsp3) is 0.333. The molecule has 20 heavy (non-hydrogen) atoms. The predicted octanol–water partition coefficient (Wildman–Crippen LogP) is 2.07. The topological polar surface area (TPSA) is 71.5 Å². The van der Waals surface area contributed by atoms with Gasteiger partial charge in [0.2, 0.25) is 0 Å². The third kappa shape index (κ3) is 2.88. The highest BCUT2D eigenvalue weighted by Crippen LogP contribution is 2.24. The Morgan fingerprint density at radius 2 is 2.20 bits per heavy atom. The minimum absolute atomic E-state index is 0.317. The van der Waals surface area contributed by atoms with Crippen molar-refractivity contribution in [2.24, 2.45) is 0 Å². The van der Waals surface area contributed by atoms with Gasteiger partial charge < -0.3 is 15.2 Å². The Kier molecular flexibility index (Phi) is 4.20. The summed E-state index contributed by atoms with van der Waals surface area (Å²) >= 11 is 0. The number of benzene rings is 1. The van der Waals surface area contributed by atoms with E-state index < -0.39 is 11.5 Å². The van der Waals surface area contributed by atoms with E-state index in [2.05, 4.69) is 10.3 Å². The van der Waals surface area contributed by atoms with Gasteiger partial charge >= 0.3 is 5.97 Å². The van der Waals surface area contributed by atoms with Crippen LogP contribution < -0.4 is 10.1 Å². The van der Waals surface area contributed by atoms with Crippen molar-refractivity contribution in [3.63, 3.8) is 0 Å². The van der Waals surface area contributed by atoms with Crippen molar-refractivity contribution >= 4 is 16.9 Å². The van der Waals surface area contributed by atoms with Crippen LogP contribution in [0.4, 0.5) is 0 Å². The fourth-order valence-corrected chi connectivity index (χ4v) is 1.90. The number of carbonyl (C=O) groups is 1. The number of fused-ring (bicyclic) bond motifs is 1. The van der Waals surface area contributed by atoms with Gasteiger partial charge in [0.15, 0.2) is 0 Å². The third-order valence-corrected chi connectivity index (χ3v) is 3.49. The molecule has 0 aliphatic rings. The molecule has 5 heteroatoms. The van der Waals surface area contributed by atoms with Crippen LogP contribution in [-0.4, -0.2) is 35.3 Å². The molecule has 1 aromatic heterocycles. The first-order valence-electron chi connectivity index (χ1n) is 6.46. The minimum Gasteiger partial charge on any atom is -0.493 e. The van der Waals surface area contributed by atoms with Gasteiger partial charge in [-0.3, -0.25) is 9.78 Å². The molecule has 1 heterocycles. The van der Waals surface area contributed by atoms with Crippen LogP contribution >= 0.6 is 0 Å². The Labute approximate surface area is 117 Å². The summed E-state index contributed by atoms with van der Waals surface area (Å²) in [6.07, 6.45) is 2.10. The summed E-state index contributed by atoms with van der Waals surface area (Å²) in [5, 5.41) is 12.9. The van der Waals surface area contributed by atoms with E-state index in [1.165, 1.54) is 0 Å². The number of nitrogens with one attached hydrogen (secondary N) is 1. The SMILES string of the molecule is CNC(C)(CCOc1cccc2ncccc12)C(=O)O. The van der Waals surface area contributed by atoms with Crippen LogP contribution in [0.25, 0.3) is 10.9 Å². The molecule has 0 amide bonds. The summed E-state index contributed by atoms with van der Waals surface area (Å²) in [5.41, 5.74) is -0.123. The summed E-state index contributed by atoms with van der Waals surface area (Å²) in [6.45, 7) is 1.96. The van der Waals surface area contributed by atoms with Crippen molar-refractivity contribution in [2.45, 2.75) is 18.9 Å². The van der Waals surface area contributed by atoms with Gasteiger partial charge in [-0.15, -0.1) is 0 Å². The Morgan fingerprint density at radius 1 is 1.40 bits per heavy atom. The van der Waals surface area contributed by atoms with Crippen LogP contribution in [0.3, 0.4) is 0 Å². The second-order valence-electron chi connectivity index (χ2n) is 4.81. The Bertz CT molecular complexity index is 610. The number of hydrogen-bond donors (Lipinski definition) is 2. The van der Waals surface area contributed by atoms with Gasteiger partial charge in [0.1, 0.15) is 11.3 Å². The summed E-state index contributed by atoms with van der Waals surface area (Å²) in [4.78, 5) is 15.4. The van der Waals surface area contributed by atoms with E-state index in [1.54, 1.807) is 20.2 Å². The number of hydrogen-bond acceptors (Lipinski definition) is 4. The van der Waals surface area contributed by atoms with E-state index in [4.69, 9.17) is 4.74 Å². The lowest BCUT2D eigenvalue weighted by atomic mass is 9.99. The van der Waals surface area contributed by atoms with Crippen molar-refractivity contribution < 1.29 is 14.6 Å². The third-order valence-electron chi connectivity index (χ3n) is 3.49. The zero-order valence-corrected chi connectivity index (χ0v) is 11.6. The number of likely N-dealkylation sites (N-methyl/N-ethyl adjacent to an activating group) is 1. The van der Waals surface area contributed by atoms with Gasteiger partial charge in [-0.25, -0.2) is 0 Å². The van der Waals surface area contributed by atoms with Crippen LogP contribution in [0, 0.1) is 0 Å². The molecule has 2 N–H and O–H groups in total. The first-order chi connectivity index (χ1) is 9.57. The lowest BCUT2D eigenvalue weighted by Gasteiger charge is -2.24. The number of ether oxygens (including phenoxy) is 1. The van der Waals surface area contributed by atoms with E-state index in [0.29, 0.717) is 13.0 Å². The molecule has 0 spiro atoms. The Balaban J connectivity index is 2.09. The highest BCUT2D eigenvalue weighted by Gasteiger charge is 2.30. The van der Waals surface area contributed by atoms with Crippen LogP contribution in [0.1, 0.15) is 13.3 Å². The highest BCUT2D eigenvalue weighted by molar-refractivity contribution is 5.84. The zero-order chi connectivity index (χ0) is 14.6. The fourth-order valence-electron chi connectivity index (χ4n) is 1.90. The van der Waals surface area contributed by atoms with E-state index >= 15 is 0 Å². The van der Waals surface area contributed by atoms with E-state index in [0.717, 1.165) is 16.7 Å². The molecule has 0 radical (unpaired) electrons. The minimum atomic E-state index is -0.983. The van der Waals surface area contributed by atoms with Gasteiger partial charge in [0.05, 0.1) is 12.1 Å². The number of aromatic nitrogens is 1. The average Bonchev–Trinajstić information content (AvgIpc) is 2.47. The second kappa shape index (κ2) is 5.88. The summed E-state index contributed by atoms with van der Waals surface area (Å²) in [5.74, 6) is -0.164. The molecule has 0 aliphatic heterocycles. The smallest absolute Gasteiger partial charge is 0.323 e. The lowest BCUT2D eigenvalue weighted by molar-refractivity contribution is -0.144. The quantitative estimate of drug-likeness (QED) is 0.843. The van der Waals surface area contributed by atoms with Crippen molar-refractivity contribution in [3.8, 4) is 5.75 Å². The van der Waals surface area contributed by atoms with Crippen molar-refractivity contribution in [3.05, 3.63) is 36.5 Å². The largest absolute Gasteiger partial charge is 0.493 e. The van der Waals surface area contributed by atoms with E-state index in [9.17, 15) is 9.90 Å². The monoisotopic (exact) mass is 274 g/mol. The maximum Gasteiger partial charge on any atom is 0.323 e. The van der Waals surface area contributed by atoms with Crippen LogP contribution in [0.5, 0.6) is 5.75 Å². The number of carboxylic acid groups (broad SMARTS) is 1. The molecule has 5 nitrogen and oxygen atoms in total. The lowest BCUT2D eigenvalue weighted by Crippen LogP contribution is -2.48. The molecule has 0 aliphatic carbocycles. The van der Waals surface area contributed by atoms with Gasteiger partial charge in [-0.2, -0.15) is 0 Å². The molecule has 0 saturated carbocycles. The van der Waals surface area contributed by atoms with E-state index in [-0.39, 0.29) is 0 Å². The molecular formula is C15H18N2O3. The van der Waals surface area contributed by atoms with Crippen molar-refractivity contribution in [1.29, 1.82) is 0 Å².